The molecule has 156 valence electrons. The SMILES string of the molecule is C#CCNC(=O)CCCCCCCCC=CCCCCCCCCN(C)C. The maximum Gasteiger partial charge on any atom is 0.220 e. The molecule has 0 aromatic heterocycles. The number of allylic oxidation sites excluding steroid dienone is 2. The van der Waals surface area contributed by atoms with E-state index in [1.54, 1.807) is 0 Å². The van der Waals surface area contributed by atoms with E-state index in [2.05, 4.69) is 42.4 Å². The highest BCUT2D eigenvalue weighted by Gasteiger charge is 1.99. The Balaban J connectivity index is 3.17. The van der Waals surface area contributed by atoms with Crippen molar-refractivity contribution in [1.29, 1.82) is 0 Å². The molecule has 0 saturated heterocycles. The van der Waals surface area contributed by atoms with Gasteiger partial charge in [-0.1, -0.05) is 69.4 Å². The van der Waals surface area contributed by atoms with Crippen LogP contribution in [-0.2, 0) is 4.79 Å². The van der Waals surface area contributed by atoms with Crippen molar-refractivity contribution < 1.29 is 4.79 Å². The summed E-state index contributed by atoms with van der Waals surface area (Å²) in [5.41, 5.74) is 0. The molecule has 0 atom stereocenters. The molecule has 0 spiro atoms. The van der Waals surface area contributed by atoms with Gasteiger partial charge in [-0.25, -0.2) is 0 Å². The van der Waals surface area contributed by atoms with Crippen molar-refractivity contribution in [2.45, 2.75) is 96.3 Å². The van der Waals surface area contributed by atoms with Crippen LogP contribution >= 0.6 is 0 Å². The smallest absolute Gasteiger partial charge is 0.220 e. The zero-order chi connectivity index (χ0) is 20.0. The number of hydrogen-bond acceptors (Lipinski definition) is 2. The molecule has 0 saturated carbocycles. The Hall–Kier alpha value is -1.27. The van der Waals surface area contributed by atoms with Gasteiger partial charge in [0.25, 0.3) is 0 Å². The van der Waals surface area contributed by atoms with E-state index in [9.17, 15) is 4.79 Å². The number of carbonyl (C=O) groups excluding carboxylic acids is 1. The van der Waals surface area contributed by atoms with Crippen LogP contribution in [0.1, 0.15) is 96.3 Å². The second-order valence-electron chi connectivity index (χ2n) is 7.83. The zero-order valence-corrected chi connectivity index (χ0v) is 18.1. The minimum Gasteiger partial charge on any atom is -0.345 e. The summed E-state index contributed by atoms with van der Waals surface area (Å²) < 4.78 is 0. The van der Waals surface area contributed by atoms with Gasteiger partial charge in [0.15, 0.2) is 0 Å². The normalized spacial score (nSPS) is 11.2. The number of unbranched alkanes of at least 4 members (excludes halogenated alkanes) is 12. The third-order valence-corrected chi connectivity index (χ3v) is 4.81. The molecule has 1 amide bonds. The van der Waals surface area contributed by atoms with Gasteiger partial charge in [-0.15, -0.1) is 6.42 Å². The van der Waals surface area contributed by atoms with Crippen molar-refractivity contribution >= 4 is 5.91 Å². The van der Waals surface area contributed by atoms with Gasteiger partial charge < -0.3 is 10.2 Å². The van der Waals surface area contributed by atoms with Crippen molar-refractivity contribution in [3.05, 3.63) is 12.2 Å². The molecule has 0 heterocycles. The van der Waals surface area contributed by atoms with Crippen LogP contribution in [0.4, 0.5) is 0 Å². The standard InChI is InChI=1S/C24H44N2O/c1-4-22-25-24(27)21-19-17-15-13-11-9-7-5-6-8-10-12-14-16-18-20-23-26(2)3/h1,5-6H,7-23H2,2-3H3,(H,25,27). The van der Waals surface area contributed by atoms with Gasteiger partial charge in [-0.2, -0.15) is 0 Å². The van der Waals surface area contributed by atoms with Crippen LogP contribution < -0.4 is 5.32 Å². The van der Waals surface area contributed by atoms with Crippen LogP contribution in [0.25, 0.3) is 0 Å². The van der Waals surface area contributed by atoms with Gasteiger partial charge in [0, 0.05) is 6.42 Å². The van der Waals surface area contributed by atoms with Crippen LogP contribution in [0, 0.1) is 12.3 Å². The molecule has 0 bridgehead atoms. The first-order valence-corrected chi connectivity index (χ1v) is 11.2. The first-order valence-electron chi connectivity index (χ1n) is 11.2. The number of terminal acetylenes is 1. The number of amides is 1. The molecule has 0 unspecified atom stereocenters. The molecule has 0 radical (unpaired) electrons. The third-order valence-electron chi connectivity index (χ3n) is 4.81. The van der Waals surface area contributed by atoms with Gasteiger partial charge in [-0.3, -0.25) is 4.79 Å². The zero-order valence-electron chi connectivity index (χ0n) is 18.1. The largest absolute Gasteiger partial charge is 0.345 e. The second kappa shape index (κ2) is 21.0. The van der Waals surface area contributed by atoms with Crippen LogP contribution in [0.5, 0.6) is 0 Å². The van der Waals surface area contributed by atoms with Crippen LogP contribution in [-0.4, -0.2) is 38.0 Å². The molecular formula is C24H44N2O. The van der Waals surface area contributed by atoms with E-state index in [1.807, 2.05) is 0 Å². The molecule has 0 rings (SSSR count). The summed E-state index contributed by atoms with van der Waals surface area (Å²) in [4.78, 5) is 13.6. The lowest BCUT2D eigenvalue weighted by atomic mass is 10.1. The lowest BCUT2D eigenvalue weighted by Gasteiger charge is -2.08. The van der Waals surface area contributed by atoms with Crippen molar-refractivity contribution in [3.8, 4) is 12.3 Å². The lowest BCUT2D eigenvalue weighted by molar-refractivity contribution is -0.120. The fourth-order valence-electron chi connectivity index (χ4n) is 3.13. The van der Waals surface area contributed by atoms with E-state index in [0.717, 1.165) is 12.8 Å². The Morgan fingerprint density at radius 2 is 1.30 bits per heavy atom. The van der Waals surface area contributed by atoms with Crippen molar-refractivity contribution in [3.63, 3.8) is 0 Å². The molecule has 0 aromatic rings. The highest BCUT2D eigenvalue weighted by molar-refractivity contribution is 5.76. The van der Waals surface area contributed by atoms with Gasteiger partial charge in [-0.05, 0) is 59.2 Å². The van der Waals surface area contributed by atoms with E-state index >= 15 is 0 Å². The molecule has 0 aliphatic heterocycles. The van der Waals surface area contributed by atoms with Gasteiger partial charge in [0.05, 0.1) is 6.54 Å². The lowest BCUT2D eigenvalue weighted by Crippen LogP contribution is -2.22. The van der Waals surface area contributed by atoms with E-state index in [-0.39, 0.29) is 5.91 Å². The highest BCUT2D eigenvalue weighted by atomic mass is 16.1. The Morgan fingerprint density at radius 3 is 1.81 bits per heavy atom. The topological polar surface area (TPSA) is 32.3 Å². The van der Waals surface area contributed by atoms with Crippen molar-refractivity contribution in [1.82, 2.24) is 10.2 Å². The molecule has 1 N–H and O–H groups in total. The maximum absolute atomic E-state index is 11.4. The molecular weight excluding hydrogens is 332 g/mol. The fraction of sp³-hybridized carbons (Fsp3) is 0.792. The van der Waals surface area contributed by atoms with Gasteiger partial charge >= 0.3 is 0 Å². The molecule has 0 aliphatic rings. The second-order valence-corrected chi connectivity index (χ2v) is 7.83. The summed E-state index contributed by atoms with van der Waals surface area (Å²) in [6, 6.07) is 0. The average molecular weight is 377 g/mol. The number of hydrogen-bond donors (Lipinski definition) is 1. The van der Waals surface area contributed by atoms with E-state index < -0.39 is 0 Å². The maximum atomic E-state index is 11.4. The Kier molecular flexibility index (Phi) is 20.0. The fourth-order valence-corrected chi connectivity index (χ4v) is 3.13. The number of nitrogens with zero attached hydrogens (tertiary/aromatic N) is 1. The summed E-state index contributed by atoms with van der Waals surface area (Å²) in [5, 5.41) is 2.71. The minimum absolute atomic E-state index is 0.0856. The van der Waals surface area contributed by atoms with Crippen molar-refractivity contribution in [2.75, 3.05) is 27.2 Å². The van der Waals surface area contributed by atoms with Crippen LogP contribution in [0.3, 0.4) is 0 Å². The quantitative estimate of drug-likeness (QED) is 0.178. The minimum atomic E-state index is 0.0856. The van der Waals surface area contributed by atoms with Gasteiger partial charge in [0.1, 0.15) is 0 Å². The van der Waals surface area contributed by atoms with Crippen LogP contribution in [0.2, 0.25) is 0 Å². The molecule has 3 nitrogen and oxygen atoms in total. The summed E-state index contributed by atoms with van der Waals surface area (Å²) in [6.07, 6.45) is 28.4. The monoisotopic (exact) mass is 376 g/mol. The van der Waals surface area contributed by atoms with E-state index in [0.29, 0.717) is 13.0 Å². The predicted octanol–water partition coefficient (Wildman–Crippen LogP) is 5.71. The summed E-state index contributed by atoms with van der Waals surface area (Å²) in [6.45, 7) is 1.58. The predicted molar refractivity (Wildman–Crippen MR) is 119 cm³/mol. The third kappa shape index (κ3) is 22.7. The first-order chi connectivity index (χ1) is 13.2. The Morgan fingerprint density at radius 1 is 0.815 bits per heavy atom. The number of carbonyl (C=O) groups is 1. The molecule has 27 heavy (non-hydrogen) atoms. The van der Waals surface area contributed by atoms with Crippen molar-refractivity contribution in [2.24, 2.45) is 0 Å². The Bertz CT molecular complexity index is 396. The molecule has 3 heteroatoms. The molecule has 0 fully saturated rings. The highest BCUT2D eigenvalue weighted by Crippen LogP contribution is 2.10. The van der Waals surface area contributed by atoms with Crippen LogP contribution in [0.15, 0.2) is 12.2 Å². The Labute approximate surface area is 169 Å². The van der Waals surface area contributed by atoms with E-state index in [1.165, 1.54) is 83.6 Å². The summed E-state index contributed by atoms with van der Waals surface area (Å²) in [7, 11) is 4.30. The number of nitrogens with one attached hydrogen (secondary N) is 1. The summed E-state index contributed by atoms with van der Waals surface area (Å²) >= 11 is 0. The first kappa shape index (κ1) is 25.7. The average Bonchev–Trinajstić information content (AvgIpc) is 2.65. The van der Waals surface area contributed by atoms with Gasteiger partial charge in [0.2, 0.25) is 5.91 Å². The molecule has 0 aromatic carbocycles. The van der Waals surface area contributed by atoms with E-state index in [4.69, 9.17) is 6.42 Å². The number of rotatable bonds is 19. The molecule has 0 aliphatic carbocycles. The summed E-state index contributed by atoms with van der Waals surface area (Å²) in [5.74, 6) is 2.51.